The van der Waals surface area contributed by atoms with Gasteiger partial charge in [0.15, 0.2) is 0 Å². The molecule has 4 heteroatoms. The predicted molar refractivity (Wildman–Crippen MR) is 71.6 cm³/mol. The highest BCUT2D eigenvalue weighted by Gasteiger charge is 2.57. The van der Waals surface area contributed by atoms with Gasteiger partial charge in [-0.2, -0.15) is 0 Å². The number of aryl methyl sites for hydroxylation is 1. The molecule has 2 rings (SSSR count). The summed E-state index contributed by atoms with van der Waals surface area (Å²) in [5.41, 5.74) is 0.569. The quantitative estimate of drug-likeness (QED) is 0.907. The Labute approximate surface area is 113 Å². The van der Waals surface area contributed by atoms with E-state index in [4.69, 9.17) is 9.47 Å². The summed E-state index contributed by atoms with van der Waals surface area (Å²) in [5.74, 6) is -0.0948. The van der Waals surface area contributed by atoms with Crippen molar-refractivity contribution in [3.8, 4) is 5.75 Å². The van der Waals surface area contributed by atoms with Crippen molar-refractivity contribution in [1.29, 1.82) is 0 Å². The second kappa shape index (κ2) is 4.53. The van der Waals surface area contributed by atoms with Crippen molar-refractivity contribution < 1.29 is 19.4 Å². The van der Waals surface area contributed by atoms with Crippen LogP contribution < -0.4 is 4.74 Å². The summed E-state index contributed by atoms with van der Waals surface area (Å²) in [6.07, 6.45) is 0. The molecule has 1 fully saturated rings. The van der Waals surface area contributed by atoms with Gasteiger partial charge < -0.3 is 14.6 Å². The average Bonchev–Trinajstić information content (AvgIpc) is 2.27. The summed E-state index contributed by atoms with van der Waals surface area (Å²) in [6.45, 7) is 6.31. The second-order valence-electron chi connectivity index (χ2n) is 5.71. The Morgan fingerprint density at radius 3 is 2.47 bits per heavy atom. The molecule has 0 atom stereocenters. The fraction of sp³-hybridized carbons (Fsp3) is 0.533. The highest BCUT2D eigenvalue weighted by atomic mass is 16.5. The predicted octanol–water partition coefficient (Wildman–Crippen LogP) is 2.38. The standard InChI is InChI=1S/C15H20O4/c1-10-5-6-12(18-4)11(7-10)15(8-19-9-15)14(2,3)13(16)17/h5-7H,8-9H2,1-4H3,(H,16,17). The number of carboxylic acid groups (broad SMARTS) is 1. The van der Waals surface area contributed by atoms with Gasteiger partial charge in [0.1, 0.15) is 5.75 Å². The number of carbonyl (C=O) groups is 1. The van der Waals surface area contributed by atoms with Crippen molar-refractivity contribution in [2.24, 2.45) is 5.41 Å². The molecule has 0 unspecified atom stereocenters. The number of ether oxygens (including phenoxy) is 2. The molecule has 0 amide bonds. The van der Waals surface area contributed by atoms with E-state index in [9.17, 15) is 9.90 Å². The van der Waals surface area contributed by atoms with Gasteiger partial charge in [-0.1, -0.05) is 17.7 Å². The number of benzene rings is 1. The van der Waals surface area contributed by atoms with Gasteiger partial charge in [-0.15, -0.1) is 0 Å². The first-order valence-electron chi connectivity index (χ1n) is 6.31. The summed E-state index contributed by atoms with van der Waals surface area (Å²) in [4.78, 5) is 11.6. The minimum absolute atomic E-state index is 0.409. The summed E-state index contributed by atoms with van der Waals surface area (Å²) in [5, 5.41) is 9.54. The molecule has 0 saturated carbocycles. The zero-order valence-corrected chi connectivity index (χ0v) is 11.8. The van der Waals surface area contributed by atoms with Gasteiger partial charge in [0, 0.05) is 5.56 Å². The minimum Gasteiger partial charge on any atom is -0.496 e. The molecule has 0 aromatic heterocycles. The van der Waals surface area contributed by atoms with Gasteiger partial charge in [0.05, 0.1) is 31.2 Å². The lowest BCUT2D eigenvalue weighted by Gasteiger charge is -2.50. The van der Waals surface area contributed by atoms with Crippen LogP contribution in [-0.4, -0.2) is 31.4 Å². The third-order valence-corrected chi connectivity index (χ3v) is 4.30. The van der Waals surface area contributed by atoms with Gasteiger partial charge >= 0.3 is 5.97 Å². The Balaban J connectivity index is 2.60. The third-order valence-electron chi connectivity index (χ3n) is 4.30. The topological polar surface area (TPSA) is 55.8 Å². The normalized spacial score (nSPS) is 17.7. The van der Waals surface area contributed by atoms with E-state index < -0.39 is 16.8 Å². The van der Waals surface area contributed by atoms with Crippen molar-refractivity contribution in [2.45, 2.75) is 26.2 Å². The molecule has 0 bridgehead atoms. The maximum absolute atomic E-state index is 11.6. The molecule has 1 heterocycles. The molecule has 1 saturated heterocycles. The van der Waals surface area contributed by atoms with Crippen molar-refractivity contribution in [2.75, 3.05) is 20.3 Å². The van der Waals surface area contributed by atoms with Crippen LogP contribution in [0, 0.1) is 12.3 Å². The molecule has 1 aliphatic heterocycles. The van der Waals surface area contributed by atoms with E-state index in [0.29, 0.717) is 13.2 Å². The second-order valence-corrected chi connectivity index (χ2v) is 5.71. The zero-order chi connectivity index (χ0) is 14.3. The molecule has 1 N–H and O–H groups in total. The molecule has 1 aromatic rings. The van der Waals surface area contributed by atoms with Gasteiger partial charge in [-0.3, -0.25) is 4.79 Å². The highest BCUT2D eigenvalue weighted by Crippen LogP contribution is 2.50. The van der Waals surface area contributed by atoms with Crippen molar-refractivity contribution >= 4 is 5.97 Å². The van der Waals surface area contributed by atoms with Crippen LogP contribution in [0.4, 0.5) is 0 Å². The van der Waals surface area contributed by atoms with Crippen LogP contribution in [0.2, 0.25) is 0 Å². The van der Waals surface area contributed by atoms with Gasteiger partial charge in [0.25, 0.3) is 0 Å². The number of hydrogen-bond donors (Lipinski definition) is 1. The Kier molecular flexibility index (Phi) is 3.31. The summed E-state index contributed by atoms with van der Waals surface area (Å²) < 4.78 is 10.8. The molecular weight excluding hydrogens is 244 g/mol. The van der Waals surface area contributed by atoms with Crippen LogP contribution in [0.3, 0.4) is 0 Å². The lowest BCUT2D eigenvalue weighted by atomic mass is 9.60. The van der Waals surface area contributed by atoms with Gasteiger partial charge in [0.2, 0.25) is 0 Å². The zero-order valence-electron chi connectivity index (χ0n) is 11.8. The SMILES string of the molecule is COc1ccc(C)cc1C1(C(C)(C)C(=O)O)COC1. The first kappa shape index (κ1) is 13.9. The van der Waals surface area contributed by atoms with E-state index in [1.807, 2.05) is 25.1 Å². The lowest BCUT2D eigenvalue weighted by Crippen LogP contribution is -2.59. The first-order valence-corrected chi connectivity index (χ1v) is 6.31. The van der Waals surface area contributed by atoms with E-state index in [1.54, 1.807) is 21.0 Å². The third kappa shape index (κ3) is 1.91. The monoisotopic (exact) mass is 264 g/mol. The van der Waals surface area contributed by atoms with Gasteiger partial charge in [-0.25, -0.2) is 0 Å². The van der Waals surface area contributed by atoms with Gasteiger partial charge in [-0.05, 0) is 26.8 Å². The maximum Gasteiger partial charge on any atom is 0.310 e. The number of methoxy groups -OCH3 is 1. The van der Waals surface area contributed by atoms with Crippen molar-refractivity contribution in [1.82, 2.24) is 0 Å². The smallest absolute Gasteiger partial charge is 0.310 e. The van der Waals surface area contributed by atoms with Crippen LogP contribution in [0.15, 0.2) is 18.2 Å². The largest absolute Gasteiger partial charge is 0.496 e. The van der Waals surface area contributed by atoms with Crippen molar-refractivity contribution in [3.05, 3.63) is 29.3 Å². The maximum atomic E-state index is 11.6. The Bertz CT molecular complexity index is 501. The van der Waals surface area contributed by atoms with Crippen LogP contribution in [-0.2, 0) is 14.9 Å². The Morgan fingerprint density at radius 1 is 1.42 bits per heavy atom. The van der Waals surface area contributed by atoms with E-state index >= 15 is 0 Å². The molecule has 19 heavy (non-hydrogen) atoms. The van der Waals surface area contributed by atoms with Crippen LogP contribution >= 0.6 is 0 Å². The molecule has 1 aromatic carbocycles. The molecule has 0 aliphatic carbocycles. The van der Waals surface area contributed by atoms with E-state index in [1.165, 1.54) is 0 Å². The summed E-state index contributed by atoms with van der Waals surface area (Å²) in [6, 6.07) is 5.86. The summed E-state index contributed by atoms with van der Waals surface area (Å²) >= 11 is 0. The van der Waals surface area contributed by atoms with E-state index in [2.05, 4.69) is 0 Å². The molecule has 104 valence electrons. The summed E-state index contributed by atoms with van der Waals surface area (Å²) in [7, 11) is 1.61. The van der Waals surface area contributed by atoms with Crippen LogP contribution in [0.1, 0.15) is 25.0 Å². The fourth-order valence-corrected chi connectivity index (χ4v) is 2.56. The number of hydrogen-bond acceptors (Lipinski definition) is 3. The molecular formula is C15H20O4. The number of aliphatic carboxylic acids is 1. The first-order chi connectivity index (χ1) is 8.85. The Morgan fingerprint density at radius 2 is 2.05 bits per heavy atom. The van der Waals surface area contributed by atoms with Crippen LogP contribution in [0.25, 0.3) is 0 Å². The van der Waals surface area contributed by atoms with Crippen molar-refractivity contribution in [3.63, 3.8) is 0 Å². The molecule has 4 nitrogen and oxygen atoms in total. The average molecular weight is 264 g/mol. The van der Waals surface area contributed by atoms with E-state index in [-0.39, 0.29) is 0 Å². The Hall–Kier alpha value is -1.55. The van der Waals surface area contributed by atoms with Crippen LogP contribution in [0.5, 0.6) is 5.75 Å². The highest BCUT2D eigenvalue weighted by molar-refractivity contribution is 5.77. The molecule has 0 spiro atoms. The number of rotatable bonds is 4. The molecule has 1 aliphatic rings. The minimum atomic E-state index is -0.910. The fourth-order valence-electron chi connectivity index (χ4n) is 2.56. The lowest BCUT2D eigenvalue weighted by molar-refractivity contribution is -0.171. The van der Waals surface area contributed by atoms with E-state index in [0.717, 1.165) is 16.9 Å². The molecule has 0 radical (unpaired) electrons. The number of carboxylic acids is 1.